The third kappa shape index (κ3) is 4.27. The molecular formula is C26H27ClO4. The van der Waals surface area contributed by atoms with Crippen LogP contribution in [0.1, 0.15) is 49.7 Å². The molecule has 2 aromatic rings. The van der Waals surface area contributed by atoms with Gasteiger partial charge in [0.1, 0.15) is 5.60 Å². The van der Waals surface area contributed by atoms with Crippen LogP contribution in [0.2, 0.25) is 5.02 Å². The van der Waals surface area contributed by atoms with Gasteiger partial charge in [0.25, 0.3) is 0 Å². The lowest BCUT2D eigenvalue weighted by Crippen LogP contribution is -2.51. The Morgan fingerprint density at radius 3 is 2.55 bits per heavy atom. The molecule has 0 amide bonds. The summed E-state index contributed by atoms with van der Waals surface area (Å²) in [7, 11) is 0. The molecule has 5 heteroatoms. The van der Waals surface area contributed by atoms with Gasteiger partial charge in [0.15, 0.2) is 5.92 Å². The number of benzene rings is 2. The number of halogens is 1. The second kappa shape index (κ2) is 9.27. The highest BCUT2D eigenvalue weighted by molar-refractivity contribution is 6.30. The molecule has 2 aliphatic rings. The molecule has 1 aliphatic carbocycles. The minimum atomic E-state index is -0.995. The summed E-state index contributed by atoms with van der Waals surface area (Å²) in [4.78, 5) is 26.2. The summed E-state index contributed by atoms with van der Waals surface area (Å²) in [6, 6.07) is 17.3. The van der Waals surface area contributed by atoms with Crippen molar-refractivity contribution in [3.63, 3.8) is 0 Å². The highest BCUT2D eigenvalue weighted by Crippen LogP contribution is 2.52. The predicted octanol–water partition coefficient (Wildman–Crippen LogP) is 5.80. The van der Waals surface area contributed by atoms with Gasteiger partial charge in [-0.1, -0.05) is 66.2 Å². The van der Waals surface area contributed by atoms with Crippen molar-refractivity contribution >= 4 is 23.5 Å². The Morgan fingerprint density at radius 2 is 1.90 bits per heavy atom. The van der Waals surface area contributed by atoms with E-state index in [4.69, 9.17) is 21.1 Å². The van der Waals surface area contributed by atoms with Crippen LogP contribution < -0.4 is 0 Å². The van der Waals surface area contributed by atoms with Gasteiger partial charge in [0.05, 0.1) is 6.61 Å². The quantitative estimate of drug-likeness (QED) is 0.336. The fraction of sp³-hybridized carbons (Fsp3) is 0.385. The maximum atomic E-state index is 13.4. The Labute approximate surface area is 188 Å². The molecule has 4 atom stereocenters. The molecule has 162 valence electrons. The van der Waals surface area contributed by atoms with Crippen LogP contribution in [0, 0.1) is 11.8 Å². The molecule has 0 saturated carbocycles. The predicted molar refractivity (Wildman–Crippen MR) is 120 cm³/mol. The van der Waals surface area contributed by atoms with E-state index in [0.29, 0.717) is 11.4 Å². The SMILES string of the molecule is CCOC(=O)[C@H]1C(=O)OC(c2ccccc2)([C@@H]2C=CCCC2)C[C@@H]1c1ccc(Cl)cc1. The van der Waals surface area contributed by atoms with Gasteiger partial charge in [0, 0.05) is 23.3 Å². The van der Waals surface area contributed by atoms with Crippen molar-refractivity contribution < 1.29 is 19.1 Å². The van der Waals surface area contributed by atoms with Gasteiger partial charge in [-0.25, -0.2) is 0 Å². The summed E-state index contributed by atoms with van der Waals surface area (Å²) in [5, 5.41) is 0.611. The second-order valence-corrected chi connectivity index (χ2v) is 8.67. The van der Waals surface area contributed by atoms with Crippen molar-refractivity contribution in [3.8, 4) is 0 Å². The van der Waals surface area contributed by atoms with Crippen LogP contribution in [0.25, 0.3) is 0 Å². The first-order valence-corrected chi connectivity index (χ1v) is 11.3. The van der Waals surface area contributed by atoms with E-state index >= 15 is 0 Å². The van der Waals surface area contributed by atoms with Crippen LogP contribution in [0.15, 0.2) is 66.7 Å². The van der Waals surface area contributed by atoms with Gasteiger partial charge in [-0.2, -0.15) is 0 Å². The lowest BCUT2D eigenvalue weighted by Gasteiger charge is -2.47. The van der Waals surface area contributed by atoms with Crippen LogP contribution in [-0.2, 0) is 24.7 Å². The smallest absolute Gasteiger partial charge is 0.321 e. The van der Waals surface area contributed by atoms with Crippen LogP contribution >= 0.6 is 11.6 Å². The number of cyclic esters (lactones) is 1. The molecule has 1 unspecified atom stereocenters. The van der Waals surface area contributed by atoms with Crippen LogP contribution in [-0.4, -0.2) is 18.5 Å². The molecule has 0 radical (unpaired) electrons. The normalized spacial score (nSPS) is 28.1. The van der Waals surface area contributed by atoms with E-state index in [2.05, 4.69) is 12.2 Å². The molecule has 4 nitrogen and oxygen atoms in total. The highest BCUT2D eigenvalue weighted by Gasteiger charge is 2.55. The number of hydrogen-bond donors (Lipinski definition) is 0. The third-order valence-electron chi connectivity index (χ3n) is 6.42. The number of esters is 2. The molecule has 0 aromatic heterocycles. The van der Waals surface area contributed by atoms with E-state index < -0.39 is 23.5 Å². The minimum absolute atomic E-state index is 0.0468. The fourth-order valence-corrected chi connectivity index (χ4v) is 5.07. The standard InChI is InChI=1S/C26H27ClO4/c1-2-30-24(28)23-22(18-13-15-21(27)16-14-18)17-26(31-25(23)29,19-9-5-3-6-10-19)20-11-7-4-8-12-20/h3,5-7,9-11,13-16,20,22-23H,2,4,8,12,17H2,1H3/t20-,22-,23+,26?/m1/s1. The van der Waals surface area contributed by atoms with E-state index in [1.165, 1.54) is 0 Å². The van der Waals surface area contributed by atoms with Crippen LogP contribution in [0.5, 0.6) is 0 Å². The number of hydrogen-bond acceptors (Lipinski definition) is 4. The molecule has 31 heavy (non-hydrogen) atoms. The van der Waals surface area contributed by atoms with Gasteiger partial charge < -0.3 is 9.47 Å². The molecule has 0 N–H and O–H groups in total. The Hall–Kier alpha value is -2.59. The van der Waals surface area contributed by atoms with Crippen molar-refractivity contribution in [2.24, 2.45) is 11.8 Å². The van der Waals surface area contributed by atoms with Crippen molar-refractivity contribution in [1.29, 1.82) is 0 Å². The number of allylic oxidation sites excluding steroid dienone is 1. The summed E-state index contributed by atoms with van der Waals surface area (Å²) in [5.74, 6) is -2.37. The number of rotatable bonds is 5. The second-order valence-electron chi connectivity index (χ2n) is 8.23. The fourth-order valence-electron chi connectivity index (χ4n) is 4.95. The lowest BCUT2D eigenvalue weighted by molar-refractivity contribution is -0.192. The Morgan fingerprint density at radius 1 is 1.16 bits per heavy atom. The summed E-state index contributed by atoms with van der Waals surface area (Å²) in [6.07, 6.45) is 7.84. The molecule has 4 rings (SSSR count). The van der Waals surface area contributed by atoms with Gasteiger partial charge in [-0.15, -0.1) is 0 Å². The van der Waals surface area contributed by atoms with Crippen LogP contribution in [0.4, 0.5) is 0 Å². The van der Waals surface area contributed by atoms with Crippen molar-refractivity contribution in [3.05, 3.63) is 82.9 Å². The van der Waals surface area contributed by atoms with E-state index in [1.807, 2.05) is 42.5 Å². The summed E-state index contributed by atoms with van der Waals surface area (Å²) < 4.78 is 11.5. The topological polar surface area (TPSA) is 52.6 Å². The zero-order chi connectivity index (χ0) is 21.8. The lowest BCUT2D eigenvalue weighted by atomic mass is 9.66. The van der Waals surface area contributed by atoms with E-state index in [0.717, 1.165) is 30.4 Å². The number of carbonyl (C=O) groups excluding carboxylic acids is 2. The average Bonchev–Trinajstić information content (AvgIpc) is 2.80. The first-order chi connectivity index (χ1) is 15.0. The summed E-state index contributed by atoms with van der Waals surface area (Å²) in [5.41, 5.74) is 1.02. The third-order valence-corrected chi connectivity index (χ3v) is 6.67. The molecule has 1 aliphatic heterocycles. The summed E-state index contributed by atoms with van der Waals surface area (Å²) in [6.45, 7) is 1.95. The van der Waals surface area contributed by atoms with Gasteiger partial charge in [-0.05, 0) is 49.4 Å². The largest absolute Gasteiger partial charge is 0.465 e. The Balaban J connectivity index is 1.83. The molecule has 1 saturated heterocycles. The van der Waals surface area contributed by atoms with Gasteiger partial charge in [-0.3, -0.25) is 9.59 Å². The first kappa shape index (κ1) is 21.6. The van der Waals surface area contributed by atoms with E-state index in [-0.39, 0.29) is 18.4 Å². The van der Waals surface area contributed by atoms with Gasteiger partial charge in [0.2, 0.25) is 0 Å². The monoisotopic (exact) mass is 438 g/mol. The number of ether oxygens (including phenoxy) is 2. The molecular weight excluding hydrogens is 412 g/mol. The zero-order valence-corrected chi connectivity index (χ0v) is 18.4. The van der Waals surface area contributed by atoms with Gasteiger partial charge >= 0.3 is 11.9 Å². The summed E-state index contributed by atoms with van der Waals surface area (Å²) >= 11 is 6.11. The average molecular weight is 439 g/mol. The van der Waals surface area contributed by atoms with E-state index in [9.17, 15) is 9.59 Å². The van der Waals surface area contributed by atoms with Crippen LogP contribution in [0.3, 0.4) is 0 Å². The zero-order valence-electron chi connectivity index (χ0n) is 17.6. The highest BCUT2D eigenvalue weighted by atomic mass is 35.5. The maximum absolute atomic E-state index is 13.4. The molecule has 1 heterocycles. The number of carbonyl (C=O) groups is 2. The van der Waals surface area contributed by atoms with Crippen molar-refractivity contribution in [1.82, 2.24) is 0 Å². The maximum Gasteiger partial charge on any atom is 0.321 e. The molecule has 0 bridgehead atoms. The molecule has 1 fully saturated rings. The Kier molecular flexibility index (Phi) is 6.47. The van der Waals surface area contributed by atoms with Crippen molar-refractivity contribution in [2.75, 3.05) is 6.61 Å². The van der Waals surface area contributed by atoms with Crippen molar-refractivity contribution in [2.45, 2.75) is 44.1 Å². The molecule has 0 spiro atoms. The van der Waals surface area contributed by atoms with E-state index in [1.54, 1.807) is 19.1 Å². The first-order valence-electron chi connectivity index (χ1n) is 10.9. The minimum Gasteiger partial charge on any atom is -0.465 e. The molecule has 2 aromatic carbocycles. The Bertz CT molecular complexity index is 953.